The summed E-state index contributed by atoms with van der Waals surface area (Å²) in [6.07, 6.45) is 0. The zero-order chi connectivity index (χ0) is 13.0. The Morgan fingerprint density at radius 2 is 1.72 bits per heavy atom. The van der Waals surface area contributed by atoms with Gasteiger partial charge in [-0.2, -0.15) is 0 Å². The molecule has 0 fully saturated rings. The Bertz CT molecular complexity index is 566. The lowest BCUT2D eigenvalue weighted by Gasteiger charge is -2.09. The van der Waals surface area contributed by atoms with E-state index in [-0.39, 0.29) is 0 Å². The molecule has 4 heteroatoms. The first-order valence-electron chi connectivity index (χ1n) is 5.58. The van der Waals surface area contributed by atoms with Gasteiger partial charge in [0.2, 0.25) is 0 Å². The van der Waals surface area contributed by atoms with Gasteiger partial charge < -0.3 is 14.0 Å². The van der Waals surface area contributed by atoms with E-state index in [1.54, 1.807) is 20.3 Å². The highest BCUT2D eigenvalue weighted by atomic mass is 31.1. The highest BCUT2D eigenvalue weighted by Gasteiger charge is 2.12. The molecule has 1 unspecified atom stereocenters. The Labute approximate surface area is 107 Å². The smallest absolute Gasteiger partial charge is 0.135 e. The van der Waals surface area contributed by atoms with Crippen molar-refractivity contribution in [3.05, 3.63) is 48.5 Å². The summed E-state index contributed by atoms with van der Waals surface area (Å²) in [7, 11) is 1.11. The predicted molar refractivity (Wildman–Crippen MR) is 74.3 cm³/mol. The summed E-state index contributed by atoms with van der Waals surface area (Å²) in [5.41, 5.74) is 0. The van der Waals surface area contributed by atoms with Gasteiger partial charge in [-0.1, -0.05) is 24.3 Å². The maximum Gasteiger partial charge on any atom is 0.135 e. The standard InChI is InChI=1S/C14H15O3P/c1-16-11-6-5-7-12(10-11)18(15)14-9-4-3-8-13(14)17-2/h3-10,18H,1-2H3. The highest BCUT2D eigenvalue weighted by molar-refractivity contribution is 7.61. The Hall–Kier alpha value is -1.73. The molecule has 0 aliphatic heterocycles. The van der Waals surface area contributed by atoms with Crippen LogP contribution in [0.5, 0.6) is 11.5 Å². The Morgan fingerprint density at radius 3 is 2.44 bits per heavy atom. The van der Waals surface area contributed by atoms with E-state index >= 15 is 0 Å². The lowest BCUT2D eigenvalue weighted by atomic mass is 10.3. The second kappa shape index (κ2) is 5.74. The first-order valence-corrected chi connectivity index (χ1v) is 6.99. The van der Waals surface area contributed by atoms with Gasteiger partial charge in [0.15, 0.2) is 0 Å². The first-order chi connectivity index (χ1) is 8.76. The molecule has 1 atom stereocenters. The molecule has 3 nitrogen and oxygen atoms in total. The molecule has 0 saturated carbocycles. The largest absolute Gasteiger partial charge is 0.497 e. The van der Waals surface area contributed by atoms with E-state index in [4.69, 9.17) is 9.47 Å². The van der Waals surface area contributed by atoms with E-state index in [0.29, 0.717) is 11.5 Å². The number of rotatable bonds is 4. The van der Waals surface area contributed by atoms with Crippen LogP contribution < -0.4 is 20.1 Å². The van der Waals surface area contributed by atoms with Gasteiger partial charge in [-0.3, -0.25) is 0 Å². The number of para-hydroxylation sites is 1. The molecular weight excluding hydrogens is 247 g/mol. The van der Waals surface area contributed by atoms with E-state index in [1.165, 1.54) is 0 Å². The summed E-state index contributed by atoms with van der Waals surface area (Å²) in [5, 5.41) is 1.50. The van der Waals surface area contributed by atoms with E-state index in [2.05, 4.69) is 0 Å². The van der Waals surface area contributed by atoms with Crippen LogP contribution in [0.2, 0.25) is 0 Å². The molecular formula is C14H15O3P. The van der Waals surface area contributed by atoms with Gasteiger partial charge in [0.25, 0.3) is 0 Å². The molecule has 2 aromatic carbocycles. The molecule has 0 aromatic heterocycles. The Kier molecular flexibility index (Phi) is 4.06. The molecule has 0 N–H and O–H groups in total. The fourth-order valence-corrected chi connectivity index (χ4v) is 3.24. The number of ether oxygens (including phenoxy) is 2. The molecule has 0 heterocycles. The normalized spacial score (nSPS) is 11.9. The quantitative estimate of drug-likeness (QED) is 0.792. The molecule has 0 amide bonds. The van der Waals surface area contributed by atoms with Gasteiger partial charge in [0.1, 0.15) is 19.3 Å². The first kappa shape index (κ1) is 12.7. The Balaban J connectivity index is 2.41. The molecule has 0 spiro atoms. The summed E-state index contributed by atoms with van der Waals surface area (Å²) < 4.78 is 22.9. The summed E-state index contributed by atoms with van der Waals surface area (Å²) in [4.78, 5) is 0. The van der Waals surface area contributed by atoms with Gasteiger partial charge in [-0.25, -0.2) is 0 Å². The van der Waals surface area contributed by atoms with Crippen LogP contribution in [-0.4, -0.2) is 14.2 Å². The molecule has 0 radical (unpaired) electrons. The number of hydrogen-bond acceptors (Lipinski definition) is 3. The topological polar surface area (TPSA) is 35.5 Å². The molecule has 0 aliphatic carbocycles. The third kappa shape index (κ3) is 2.57. The van der Waals surface area contributed by atoms with Crippen LogP contribution in [0.3, 0.4) is 0 Å². The van der Waals surface area contributed by atoms with E-state index in [0.717, 1.165) is 10.6 Å². The average molecular weight is 262 g/mol. The van der Waals surface area contributed by atoms with E-state index in [1.807, 2.05) is 42.5 Å². The Morgan fingerprint density at radius 1 is 0.944 bits per heavy atom. The monoisotopic (exact) mass is 262 g/mol. The van der Waals surface area contributed by atoms with Gasteiger partial charge in [0.05, 0.1) is 19.5 Å². The SMILES string of the molecule is COc1cccc([PH](=O)c2ccccc2OC)c1. The average Bonchev–Trinajstić information content (AvgIpc) is 2.46. The summed E-state index contributed by atoms with van der Waals surface area (Å²) in [6, 6.07) is 14.7. The third-order valence-electron chi connectivity index (χ3n) is 2.68. The minimum Gasteiger partial charge on any atom is -0.497 e. The van der Waals surface area contributed by atoms with Gasteiger partial charge in [-0.05, 0) is 24.3 Å². The van der Waals surface area contributed by atoms with Crippen molar-refractivity contribution >= 4 is 18.4 Å². The van der Waals surface area contributed by atoms with Crippen molar-refractivity contribution in [2.75, 3.05) is 14.2 Å². The molecule has 94 valence electrons. The highest BCUT2D eigenvalue weighted by Crippen LogP contribution is 2.26. The van der Waals surface area contributed by atoms with Crippen molar-refractivity contribution < 1.29 is 14.0 Å². The molecule has 0 saturated heterocycles. The van der Waals surface area contributed by atoms with Crippen molar-refractivity contribution in [3.8, 4) is 11.5 Å². The minimum absolute atomic E-state index is 0.657. The lowest BCUT2D eigenvalue weighted by Crippen LogP contribution is -2.09. The maximum atomic E-state index is 12.5. The molecule has 0 bridgehead atoms. The van der Waals surface area contributed by atoms with E-state index in [9.17, 15) is 4.57 Å². The molecule has 2 rings (SSSR count). The van der Waals surface area contributed by atoms with Crippen molar-refractivity contribution in [2.45, 2.75) is 0 Å². The minimum atomic E-state index is -2.07. The summed E-state index contributed by atoms with van der Waals surface area (Å²) in [6.45, 7) is 0. The van der Waals surface area contributed by atoms with Crippen LogP contribution in [0.15, 0.2) is 48.5 Å². The van der Waals surface area contributed by atoms with Crippen LogP contribution in [0.1, 0.15) is 0 Å². The van der Waals surface area contributed by atoms with Crippen molar-refractivity contribution in [1.82, 2.24) is 0 Å². The van der Waals surface area contributed by atoms with Crippen LogP contribution in [0, 0.1) is 0 Å². The van der Waals surface area contributed by atoms with Crippen LogP contribution in [0.25, 0.3) is 0 Å². The van der Waals surface area contributed by atoms with Crippen molar-refractivity contribution in [1.29, 1.82) is 0 Å². The summed E-state index contributed by atoms with van der Waals surface area (Å²) in [5.74, 6) is 1.37. The van der Waals surface area contributed by atoms with Gasteiger partial charge in [0, 0.05) is 5.30 Å². The fraction of sp³-hybridized carbons (Fsp3) is 0.143. The lowest BCUT2D eigenvalue weighted by molar-refractivity contribution is 0.415. The van der Waals surface area contributed by atoms with Gasteiger partial charge >= 0.3 is 0 Å². The second-order valence-corrected chi connectivity index (χ2v) is 5.54. The van der Waals surface area contributed by atoms with Crippen molar-refractivity contribution in [3.63, 3.8) is 0 Å². The van der Waals surface area contributed by atoms with Crippen molar-refractivity contribution in [2.24, 2.45) is 0 Å². The number of hydrogen-bond donors (Lipinski definition) is 0. The zero-order valence-corrected chi connectivity index (χ0v) is 11.3. The van der Waals surface area contributed by atoms with Crippen LogP contribution in [-0.2, 0) is 4.57 Å². The predicted octanol–water partition coefficient (Wildman–Crippen LogP) is 2.21. The zero-order valence-electron chi connectivity index (χ0n) is 10.3. The number of benzene rings is 2. The second-order valence-electron chi connectivity index (χ2n) is 3.76. The molecule has 2 aromatic rings. The van der Waals surface area contributed by atoms with E-state index < -0.39 is 7.80 Å². The summed E-state index contributed by atoms with van der Waals surface area (Å²) >= 11 is 0. The van der Waals surface area contributed by atoms with Crippen LogP contribution in [0.4, 0.5) is 0 Å². The fourth-order valence-electron chi connectivity index (χ4n) is 1.75. The van der Waals surface area contributed by atoms with Crippen LogP contribution >= 0.6 is 7.80 Å². The maximum absolute atomic E-state index is 12.5. The van der Waals surface area contributed by atoms with Gasteiger partial charge in [-0.15, -0.1) is 0 Å². The third-order valence-corrected chi connectivity index (χ3v) is 4.42. The molecule has 0 aliphatic rings. The molecule has 18 heavy (non-hydrogen) atoms. The number of methoxy groups -OCH3 is 2.